The van der Waals surface area contributed by atoms with Crippen molar-refractivity contribution < 1.29 is 9.47 Å². The minimum atomic E-state index is -2.34. The van der Waals surface area contributed by atoms with Gasteiger partial charge in [0.1, 0.15) is 0 Å². The number of hydrogen-bond acceptors (Lipinski definition) is 2. The van der Waals surface area contributed by atoms with Crippen molar-refractivity contribution in [2.24, 2.45) is 0 Å². The third kappa shape index (κ3) is 10.6. The van der Waals surface area contributed by atoms with Crippen LogP contribution >= 0.6 is 0 Å². The predicted molar refractivity (Wildman–Crippen MR) is 130 cm³/mol. The van der Waals surface area contributed by atoms with Crippen LogP contribution in [0.5, 0.6) is 0 Å². The van der Waals surface area contributed by atoms with Crippen LogP contribution in [0.3, 0.4) is 0 Å². The van der Waals surface area contributed by atoms with Crippen LogP contribution in [0.15, 0.2) is 9.29 Å². The van der Waals surface area contributed by atoms with E-state index >= 15 is 0 Å². The summed E-state index contributed by atoms with van der Waals surface area (Å²) in [5.41, 5.74) is 2.83. The van der Waals surface area contributed by atoms with Gasteiger partial charge in [0, 0.05) is 0 Å². The van der Waals surface area contributed by atoms with Crippen molar-refractivity contribution in [1.29, 1.82) is 0 Å². The zero-order valence-corrected chi connectivity index (χ0v) is 23.9. The van der Waals surface area contributed by atoms with Crippen molar-refractivity contribution in [3.63, 3.8) is 0 Å². The number of hydrogen-bond donors (Lipinski definition) is 0. The average molecular weight is 517 g/mol. The van der Waals surface area contributed by atoms with Crippen molar-refractivity contribution >= 4 is 26.5 Å². The van der Waals surface area contributed by atoms with Crippen molar-refractivity contribution in [2.45, 2.75) is 124 Å². The van der Waals surface area contributed by atoms with Crippen LogP contribution in [-0.4, -0.2) is 46.0 Å². The Kier molecular flexibility index (Phi) is 14.0. The van der Waals surface area contributed by atoms with E-state index in [1.807, 2.05) is 3.59 Å². The van der Waals surface area contributed by atoms with Gasteiger partial charge in [-0.25, -0.2) is 0 Å². The van der Waals surface area contributed by atoms with Gasteiger partial charge >= 0.3 is 183 Å². The summed E-state index contributed by atoms with van der Waals surface area (Å²) in [6, 6.07) is 0. The topological polar surface area (TPSA) is 18.5 Å². The van der Waals surface area contributed by atoms with Crippen LogP contribution in [0.2, 0.25) is 33.0 Å². The van der Waals surface area contributed by atoms with Crippen LogP contribution < -0.4 is 0 Å². The van der Waals surface area contributed by atoms with Crippen LogP contribution in [0.1, 0.15) is 85.0 Å². The van der Waals surface area contributed by atoms with E-state index in [2.05, 4.69) is 46.1 Å². The Morgan fingerprint density at radius 1 is 0.964 bits per heavy atom. The third-order valence-electron chi connectivity index (χ3n) is 6.13. The Balaban J connectivity index is 2.99. The van der Waals surface area contributed by atoms with Crippen LogP contribution in [0.4, 0.5) is 0 Å². The molecule has 0 aromatic carbocycles. The van der Waals surface area contributed by atoms with E-state index in [9.17, 15) is 0 Å². The van der Waals surface area contributed by atoms with Gasteiger partial charge < -0.3 is 0 Å². The van der Waals surface area contributed by atoms with E-state index in [0.717, 1.165) is 19.6 Å². The molecule has 4 heteroatoms. The van der Waals surface area contributed by atoms with Gasteiger partial charge in [-0.15, -0.1) is 0 Å². The van der Waals surface area contributed by atoms with Gasteiger partial charge in [-0.1, -0.05) is 0 Å². The van der Waals surface area contributed by atoms with E-state index in [-0.39, 0.29) is 6.29 Å². The fraction of sp³-hybridized carbons (Fsp3) is 0.917. The Morgan fingerprint density at radius 3 is 1.96 bits per heavy atom. The molecule has 0 spiro atoms. The second kappa shape index (κ2) is 14.6. The van der Waals surface area contributed by atoms with E-state index in [1.165, 1.54) is 57.8 Å². The van der Waals surface area contributed by atoms with Crippen molar-refractivity contribution in [3.8, 4) is 0 Å². The van der Waals surface area contributed by atoms with Gasteiger partial charge in [-0.05, 0) is 0 Å². The molecule has 166 valence electrons. The summed E-state index contributed by atoms with van der Waals surface area (Å²) in [6.45, 7) is 16.5. The summed E-state index contributed by atoms with van der Waals surface area (Å²) in [5.74, 6) is 0. The Labute approximate surface area is 182 Å². The second-order valence-corrected chi connectivity index (χ2v) is 28.5. The molecule has 0 N–H and O–H groups in total. The number of unbranched alkanes of at least 4 members (excludes halogenated alkanes) is 3. The van der Waals surface area contributed by atoms with Gasteiger partial charge in [-0.2, -0.15) is 0 Å². The molecule has 0 saturated carbocycles. The summed E-state index contributed by atoms with van der Waals surface area (Å²) in [6.07, 6.45) is 13.2. The monoisotopic (exact) mass is 518 g/mol. The maximum atomic E-state index is 6.22. The maximum absolute atomic E-state index is 6.22. The van der Waals surface area contributed by atoms with E-state index in [0.29, 0.717) is 0 Å². The summed E-state index contributed by atoms with van der Waals surface area (Å²) in [7, 11) is -1.23. The van der Waals surface area contributed by atoms with Gasteiger partial charge in [0.15, 0.2) is 0 Å². The zero-order chi connectivity index (χ0) is 20.9. The fourth-order valence-electron chi connectivity index (χ4n) is 4.56. The molecule has 1 aliphatic rings. The molecule has 28 heavy (non-hydrogen) atoms. The molecule has 0 aliphatic carbocycles. The molecular formula is C24H50O2SiSn. The normalized spacial score (nSPS) is 19.2. The van der Waals surface area contributed by atoms with E-state index < -0.39 is 26.5 Å². The molecule has 0 amide bonds. The van der Waals surface area contributed by atoms with Crippen LogP contribution in [0.25, 0.3) is 0 Å². The molecule has 2 nitrogen and oxygen atoms in total. The molecule has 1 atom stereocenters. The molecule has 1 fully saturated rings. The first-order valence-electron chi connectivity index (χ1n) is 12.3. The molecule has 0 radical (unpaired) electrons. The van der Waals surface area contributed by atoms with Crippen molar-refractivity contribution in [2.75, 3.05) is 13.2 Å². The molecule has 1 saturated heterocycles. The fourth-order valence-corrected chi connectivity index (χ4v) is 27.9. The van der Waals surface area contributed by atoms with Gasteiger partial charge in [0.05, 0.1) is 0 Å². The summed E-state index contributed by atoms with van der Waals surface area (Å²) >= 11 is -2.34. The predicted octanol–water partition coefficient (Wildman–Crippen LogP) is 8.11. The number of ether oxygens (including phenoxy) is 2. The first kappa shape index (κ1) is 26.7. The first-order valence-corrected chi connectivity index (χ1v) is 23.4. The Bertz CT molecular complexity index is 403. The minimum absolute atomic E-state index is 0.0633. The van der Waals surface area contributed by atoms with Gasteiger partial charge in [-0.3, -0.25) is 0 Å². The quantitative estimate of drug-likeness (QED) is 0.204. The summed E-state index contributed by atoms with van der Waals surface area (Å²) in [4.78, 5) is 0. The molecule has 1 rings (SSSR count). The molecule has 1 heterocycles. The SMILES string of the molecule is CCC[CH2][Sn]([CH2]CCC)([CH2]CCC)/[C](=C\[Si](C)(C)C)CCOC1CCCCO1. The molecule has 0 aromatic heterocycles. The van der Waals surface area contributed by atoms with Crippen molar-refractivity contribution in [1.82, 2.24) is 0 Å². The molecule has 1 aliphatic heterocycles. The average Bonchev–Trinajstić information content (AvgIpc) is 2.67. The Hall–Kier alpha value is 0.676. The zero-order valence-electron chi connectivity index (χ0n) is 20.1. The first-order chi connectivity index (χ1) is 13.4. The standard InChI is InChI=1S/C12H23O2Si.3C4H9.Sn/c1-15(2,3)11-7-6-10-14-12-8-4-5-9-13-12;3*1-3-4-2;/h11-12H,4-6,8-10H2,1-3H3;3*1,3-4H2,2H3;. The van der Waals surface area contributed by atoms with Crippen molar-refractivity contribution in [3.05, 3.63) is 9.29 Å². The van der Waals surface area contributed by atoms with E-state index in [1.54, 1.807) is 13.3 Å². The third-order valence-corrected chi connectivity index (χ3v) is 24.4. The van der Waals surface area contributed by atoms with Gasteiger partial charge in [0.25, 0.3) is 0 Å². The van der Waals surface area contributed by atoms with Gasteiger partial charge in [0.2, 0.25) is 0 Å². The molecular weight excluding hydrogens is 467 g/mol. The molecule has 1 unspecified atom stereocenters. The van der Waals surface area contributed by atoms with E-state index in [4.69, 9.17) is 9.47 Å². The Morgan fingerprint density at radius 2 is 1.54 bits per heavy atom. The summed E-state index contributed by atoms with van der Waals surface area (Å²) in [5, 5.41) is 0. The van der Waals surface area contributed by atoms with Crippen LogP contribution in [-0.2, 0) is 9.47 Å². The van der Waals surface area contributed by atoms with Crippen LogP contribution in [0, 0.1) is 0 Å². The molecule has 0 aromatic rings. The summed E-state index contributed by atoms with van der Waals surface area (Å²) < 4.78 is 18.7. The second-order valence-electron chi connectivity index (χ2n) is 10.0. The number of rotatable bonds is 15. The molecule has 0 bridgehead atoms.